The fourth-order valence-corrected chi connectivity index (χ4v) is 4.63. The van der Waals surface area contributed by atoms with Crippen LogP contribution < -0.4 is 0 Å². The Morgan fingerprint density at radius 1 is 0.368 bits per heavy atom. The smallest absolute Gasteiger partial charge is 0.101 e. The molecule has 4 nitrogen and oxygen atoms in total. The predicted octanol–water partition coefficient (Wildman–Crippen LogP) is 8.04. The first kappa shape index (κ1) is 22.9. The van der Waals surface area contributed by atoms with Gasteiger partial charge in [-0.2, -0.15) is 10.5 Å². The quantitative estimate of drug-likeness (QED) is 0.254. The molecule has 0 unspecified atom stereocenters. The molecule has 0 fully saturated rings. The third kappa shape index (κ3) is 4.51. The lowest BCUT2D eigenvalue weighted by Crippen LogP contribution is -1.85. The molecule has 4 aromatic carbocycles. The van der Waals surface area contributed by atoms with Crippen molar-refractivity contribution in [2.75, 3.05) is 0 Å². The summed E-state index contributed by atoms with van der Waals surface area (Å²) >= 11 is 0. The molecule has 4 heteroatoms. The van der Waals surface area contributed by atoms with Gasteiger partial charge < -0.3 is 0 Å². The highest BCUT2D eigenvalue weighted by atomic mass is 14.6. The summed E-state index contributed by atoms with van der Waals surface area (Å²) < 4.78 is 0. The lowest BCUT2D eigenvalue weighted by Gasteiger charge is -2.09. The Labute approximate surface area is 220 Å². The van der Waals surface area contributed by atoms with Crippen LogP contribution in [-0.2, 0) is 0 Å². The highest BCUT2D eigenvalue weighted by Crippen LogP contribution is 2.31. The molecule has 0 saturated heterocycles. The number of nitrogens with zero attached hydrogens (tertiary/aromatic N) is 4. The molecule has 2 aromatic heterocycles. The molecule has 6 aromatic rings. The summed E-state index contributed by atoms with van der Waals surface area (Å²) in [4.78, 5) is 8.33. The fourth-order valence-electron chi connectivity index (χ4n) is 4.63. The van der Waals surface area contributed by atoms with E-state index in [2.05, 4.69) is 107 Å². The molecular formula is C34H20N4. The summed E-state index contributed by atoms with van der Waals surface area (Å²) in [6.45, 7) is 0. The van der Waals surface area contributed by atoms with Crippen molar-refractivity contribution in [3.8, 4) is 56.6 Å². The van der Waals surface area contributed by atoms with Crippen LogP contribution in [0.25, 0.3) is 55.3 Å². The molecule has 0 aliphatic carbocycles. The van der Waals surface area contributed by atoms with E-state index in [9.17, 15) is 0 Å². The normalized spacial score (nSPS) is 10.6. The van der Waals surface area contributed by atoms with Crippen LogP contribution in [0.5, 0.6) is 0 Å². The third-order valence-electron chi connectivity index (χ3n) is 6.68. The van der Waals surface area contributed by atoms with Gasteiger partial charge in [-0.15, -0.1) is 0 Å². The maximum Gasteiger partial charge on any atom is 0.101 e. The zero-order valence-corrected chi connectivity index (χ0v) is 20.3. The molecule has 176 valence electrons. The zero-order chi connectivity index (χ0) is 25.9. The van der Waals surface area contributed by atoms with Crippen molar-refractivity contribution < 1.29 is 0 Å². The SMILES string of the molecule is N#Cc1cncc(-c2ccc(-c3ccc4cc(-c5ccc(-c6cncc(C#N)c6)cc5)ccc4c3)cc2)c1. The first-order chi connectivity index (χ1) is 18.7. The van der Waals surface area contributed by atoms with Crippen LogP contribution >= 0.6 is 0 Å². The van der Waals surface area contributed by atoms with Gasteiger partial charge in [0, 0.05) is 35.9 Å². The third-order valence-corrected chi connectivity index (χ3v) is 6.68. The number of rotatable bonds is 4. The van der Waals surface area contributed by atoms with Gasteiger partial charge in [-0.25, -0.2) is 0 Å². The zero-order valence-electron chi connectivity index (χ0n) is 20.3. The Kier molecular flexibility index (Phi) is 5.91. The number of hydrogen-bond acceptors (Lipinski definition) is 4. The lowest BCUT2D eigenvalue weighted by molar-refractivity contribution is 1.30. The Morgan fingerprint density at radius 2 is 0.711 bits per heavy atom. The van der Waals surface area contributed by atoms with E-state index in [-0.39, 0.29) is 0 Å². The maximum absolute atomic E-state index is 9.14. The van der Waals surface area contributed by atoms with Crippen molar-refractivity contribution >= 4 is 10.8 Å². The monoisotopic (exact) mass is 484 g/mol. The first-order valence-corrected chi connectivity index (χ1v) is 12.2. The highest BCUT2D eigenvalue weighted by Gasteiger charge is 2.06. The minimum Gasteiger partial charge on any atom is -0.263 e. The second-order valence-electron chi connectivity index (χ2n) is 9.08. The summed E-state index contributed by atoms with van der Waals surface area (Å²) in [5, 5.41) is 20.6. The molecule has 6 rings (SSSR count). The van der Waals surface area contributed by atoms with E-state index in [4.69, 9.17) is 10.5 Å². The van der Waals surface area contributed by atoms with Crippen LogP contribution in [0.4, 0.5) is 0 Å². The van der Waals surface area contributed by atoms with Crippen LogP contribution in [0.3, 0.4) is 0 Å². The highest BCUT2D eigenvalue weighted by molar-refractivity contribution is 5.91. The Balaban J connectivity index is 1.25. The first-order valence-electron chi connectivity index (χ1n) is 12.2. The number of benzene rings is 4. The van der Waals surface area contributed by atoms with Gasteiger partial charge >= 0.3 is 0 Å². The van der Waals surface area contributed by atoms with Gasteiger partial charge in [0.2, 0.25) is 0 Å². The van der Waals surface area contributed by atoms with E-state index in [0.717, 1.165) is 44.5 Å². The van der Waals surface area contributed by atoms with Crippen LogP contribution in [0, 0.1) is 22.7 Å². The van der Waals surface area contributed by atoms with E-state index in [1.807, 2.05) is 12.1 Å². The summed E-state index contributed by atoms with van der Waals surface area (Å²) in [6, 6.07) is 37.7. The van der Waals surface area contributed by atoms with Gasteiger partial charge in [-0.05, 0) is 68.4 Å². The van der Waals surface area contributed by atoms with Crippen LogP contribution in [0.2, 0.25) is 0 Å². The van der Waals surface area contributed by atoms with E-state index in [1.54, 1.807) is 24.8 Å². The van der Waals surface area contributed by atoms with Crippen molar-refractivity contribution in [2.24, 2.45) is 0 Å². The summed E-state index contributed by atoms with van der Waals surface area (Å²) in [6.07, 6.45) is 6.70. The second-order valence-corrected chi connectivity index (χ2v) is 9.08. The molecule has 0 N–H and O–H groups in total. The Morgan fingerprint density at radius 3 is 1.08 bits per heavy atom. The molecule has 0 spiro atoms. The topological polar surface area (TPSA) is 73.4 Å². The van der Waals surface area contributed by atoms with Crippen molar-refractivity contribution in [3.05, 3.63) is 133 Å². The van der Waals surface area contributed by atoms with Gasteiger partial charge in [0.1, 0.15) is 12.1 Å². The summed E-state index contributed by atoms with van der Waals surface area (Å²) in [7, 11) is 0. The lowest BCUT2D eigenvalue weighted by atomic mass is 9.96. The standard InChI is InChI=1S/C34H20N4/c35-17-23-13-33(21-37-19-23)27-5-1-25(2-6-27)29-9-11-32-16-30(10-12-31(32)15-29)26-3-7-28(8-4-26)34-14-24(18-36)20-38-22-34/h1-16,19-22H. The maximum atomic E-state index is 9.14. The summed E-state index contributed by atoms with van der Waals surface area (Å²) in [5.74, 6) is 0. The van der Waals surface area contributed by atoms with Crippen LogP contribution in [-0.4, -0.2) is 9.97 Å². The molecule has 0 amide bonds. The van der Waals surface area contributed by atoms with E-state index in [0.29, 0.717) is 11.1 Å². The van der Waals surface area contributed by atoms with E-state index in [1.165, 1.54) is 10.8 Å². The second kappa shape index (κ2) is 9.82. The molecule has 2 heterocycles. The molecule has 0 aliphatic heterocycles. The van der Waals surface area contributed by atoms with E-state index >= 15 is 0 Å². The van der Waals surface area contributed by atoms with Crippen molar-refractivity contribution in [3.63, 3.8) is 0 Å². The van der Waals surface area contributed by atoms with Crippen molar-refractivity contribution in [2.45, 2.75) is 0 Å². The minimum absolute atomic E-state index is 0.555. The van der Waals surface area contributed by atoms with Gasteiger partial charge in [-0.1, -0.05) is 72.8 Å². The molecule has 0 bridgehead atoms. The molecule has 38 heavy (non-hydrogen) atoms. The van der Waals surface area contributed by atoms with E-state index < -0.39 is 0 Å². The van der Waals surface area contributed by atoms with Crippen LogP contribution in [0.15, 0.2) is 122 Å². The largest absolute Gasteiger partial charge is 0.263 e. The van der Waals surface area contributed by atoms with Gasteiger partial charge in [0.05, 0.1) is 11.1 Å². The number of fused-ring (bicyclic) bond motifs is 1. The number of hydrogen-bond donors (Lipinski definition) is 0. The molecule has 0 aliphatic rings. The van der Waals surface area contributed by atoms with Gasteiger partial charge in [0.25, 0.3) is 0 Å². The Hall–Kier alpha value is -5.58. The van der Waals surface area contributed by atoms with Gasteiger partial charge in [-0.3, -0.25) is 9.97 Å². The number of pyridine rings is 2. The molecule has 0 atom stereocenters. The average Bonchev–Trinajstić information content (AvgIpc) is 3.01. The average molecular weight is 485 g/mol. The van der Waals surface area contributed by atoms with Crippen LogP contribution in [0.1, 0.15) is 11.1 Å². The minimum atomic E-state index is 0.555. The summed E-state index contributed by atoms with van der Waals surface area (Å²) in [5.41, 5.74) is 9.61. The molecular weight excluding hydrogens is 464 g/mol. The van der Waals surface area contributed by atoms with Gasteiger partial charge in [0.15, 0.2) is 0 Å². The molecule has 0 saturated carbocycles. The van der Waals surface area contributed by atoms with Crippen molar-refractivity contribution in [1.29, 1.82) is 10.5 Å². The van der Waals surface area contributed by atoms with Crippen molar-refractivity contribution in [1.82, 2.24) is 9.97 Å². The number of aromatic nitrogens is 2. The molecule has 0 radical (unpaired) electrons. The Bertz CT molecular complexity index is 1730. The fraction of sp³-hybridized carbons (Fsp3) is 0. The number of nitriles is 2. The predicted molar refractivity (Wildman–Crippen MR) is 151 cm³/mol.